The van der Waals surface area contributed by atoms with Crippen molar-refractivity contribution >= 4 is 34.8 Å². The van der Waals surface area contributed by atoms with Gasteiger partial charge in [-0.25, -0.2) is 9.97 Å². The van der Waals surface area contributed by atoms with Gasteiger partial charge in [-0.05, 0) is 24.7 Å². The number of halogens is 2. The summed E-state index contributed by atoms with van der Waals surface area (Å²) in [5, 5.41) is 3.11. The van der Waals surface area contributed by atoms with Gasteiger partial charge in [0.2, 0.25) is 5.91 Å². The highest BCUT2D eigenvalue weighted by atomic mass is 35.5. The van der Waals surface area contributed by atoms with E-state index in [9.17, 15) is 4.79 Å². The van der Waals surface area contributed by atoms with Gasteiger partial charge in [0, 0.05) is 5.92 Å². The molecule has 1 N–H and O–H groups in total. The molecule has 0 bridgehead atoms. The predicted molar refractivity (Wildman–Crippen MR) is 65.0 cm³/mol. The minimum absolute atomic E-state index is 0.00157. The number of fused-ring (bicyclic) bond motifs is 1. The van der Waals surface area contributed by atoms with E-state index in [1.54, 1.807) is 0 Å². The zero-order valence-electron chi connectivity index (χ0n) is 8.99. The van der Waals surface area contributed by atoms with Gasteiger partial charge in [-0.1, -0.05) is 29.6 Å². The van der Waals surface area contributed by atoms with E-state index in [0.29, 0.717) is 17.5 Å². The van der Waals surface area contributed by atoms with Gasteiger partial charge >= 0.3 is 0 Å². The van der Waals surface area contributed by atoms with E-state index in [4.69, 9.17) is 23.2 Å². The van der Waals surface area contributed by atoms with Crippen molar-refractivity contribution in [3.05, 3.63) is 16.6 Å². The molecule has 0 aliphatic heterocycles. The lowest BCUT2D eigenvalue weighted by atomic mass is 10.1. The minimum atomic E-state index is -0.00157. The van der Waals surface area contributed by atoms with Gasteiger partial charge in [0.05, 0.1) is 0 Å². The smallest absolute Gasteiger partial charge is 0.228 e. The minimum Gasteiger partial charge on any atom is -0.321 e. The molecule has 2 aliphatic rings. The second kappa shape index (κ2) is 4.10. The summed E-state index contributed by atoms with van der Waals surface area (Å²) in [4.78, 5) is 19.6. The Hall–Kier alpha value is -0.870. The predicted octanol–water partition coefficient (Wildman–Crippen LogP) is 2.77. The second-order valence-electron chi connectivity index (χ2n) is 4.60. The molecule has 1 amide bonds. The van der Waals surface area contributed by atoms with Crippen molar-refractivity contribution in [2.24, 2.45) is 17.8 Å². The summed E-state index contributed by atoms with van der Waals surface area (Å²) in [6, 6.07) is 0. The highest BCUT2D eigenvalue weighted by Gasteiger charge is 2.56. The fourth-order valence-electron chi connectivity index (χ4n) is 2.86. The summed E-state index contributed by atoms with van der Waals surface area (Å²) in [5.41, 5.74) is 0.325. The van der Waals surface area contributed by atoms with Gasteiger partial charge in [-0.2, -0.15) is 0 Å². The number of carbonyl (C=O) groups excluding carboxylic acids is 1. The summed E-state index contributed by atoms with van der Waals surface area (Å²) in [7, 11) is 0. The standard InChI is InChI=1S/C11H11Cl2N3O/c12-9-8(10(13)15-4-14-9)16-11(17)7-5-2-1-3-6(5)7/h4-7H,1-3H2,(H,16,17). The third kappa shape index (κ3) is 1.89. The lowest BCUT2D eigenvalue weighted by Gasteiger charge is -2.08. The normalized spacial score (nSPS) is 29.9. The number of rotatable bonds is 2. The van der Waals surface area contributed by atoms with Gasteiger partial charge in [0.25, 0.3) is 0 Å². The van der Waals surface area contributed by atoms with Gasteiger partial charge in [-0.3, -0.25) is 4.79 Å². The van der Waals surface area contributed by atoms with Gasteiger partial charge in [-0.15, -0.1) is 0 Å². The number of amides is 1. The van der Waals surface area contributed by atoms with Crippen LogP contribution in [0.5, 0.6) is 0 Å². The van der Waals surface area contributed by atoms with E-state index in [1.807, 2.05) is 0 Å². The maximum Gasteiger partial charge on any atom is 0.228 e. The van der Waals surface area contributed by atoms with Gasteiger partial charge in [0.15, 0.2) is 10.3 Å². The van der Waals surface area contributed by atoms with Crippen LogP contribution in [0.1, 0.15) is 19.3 Å². The Morgan fingerprint density at radius 2 is 1.82 bits per heavy atom. The van der Waals surface area contributed by atoms with Crippen LogP contribution in [-0.4, -0.2) is 15.9 Å². The summed E-state index contributed by atoms with van der Waals surface area (Å²) < 4.78 is 0. The molecule has 1 aromatic heterocycles. The molecule has 90 valence electrons. The molecule has 4 nitrogen and oxygen atoms in total. The molecule has 2 unspecified atom stereocenters. The molecule has 0 spiro atoms. The van der Waals surface area contributed by atoms with E-state index >= 15 is 0 Å². The van der Waals surface area contributed by atoms with E-state index in [2.05, 4.69) is 15.3 Å². The Balaban J connectivity index is 1.73. The summed E-state index contributed by atoms with van der Waals surface area (Å²) >= 11 is 11.7. The van der Waals surface area contributed by atoms with Gasteiger partial charge < -0.3 is 5.32 Å². The molecule has 2 aliphatic carbocycles. The molecule has 0 saturated heterocycles. The molecular weight excluding hydrogens is 261 g/mol. The fraction of sp³-hybridized carbons (Fsp3) is 0.545. The number of hydrogen-bond donors (Lipinski definition) is 1. The van der Waals surface area contributed by atoms with Crippen molar-refractivity contribution in [3.63, 3.8) is 0 Å². The van der Waals surface area contributed by atoms with Crippen LogP contribution in [0.4, 0.5) is 5.69 Å². The number of nitrogens with zero attached hydrogens (tertiary/aromatic N) is 2. The Bertz CT molecular complexity index is 450. The van der Waals surface area contributed by atoms with Crippen LogP contribution in [0.25, 0.3) is 0 Å². The van der Waals surface area contributed by atoms with Crippen molar-refractivity contribution < 1.29 is 4.79 Å². The Morgan fingerprint density at radius 3 is 2.41 bits per heavy atom. The van der Waals surface area contributed by atoms with Crippen LogP contribution in [0.2, 0.25) is 10.3 Å². The quantitative estimate of drug-likeness (QED) is 0.842. The zero-order valence-corrected chi connectivity index (χ0v) is 10.5. The third-order valence-electron chi connectivity index (χ3n) is 3.71. The molecule has 6 heteroatoms. The largest absolute Gasteiger partial charge is 0.321 e. The monoisotopic (exact) mass is 271 g/mol. The Kier molecular flexibility index (Phi) is 2.71. The van der Waals surface area contributed by atoms with E-state index in [1.165, 1.54) is 12.7 Å². The van der Waals surface area contributed by atoms with Crippen LogP contribution in [0.15, 0.2) is 6.33 Å². The first-order chi connectivity index (χ1) is 8.18. The summed E-state index contributed by atoms with van der Waals surface area (Å²) in [5.74, 6) is 1.27. The van der Waals surface area contributed by atoms with Crippen molar-refractivity contribution in [3.8, 4) is 0 Å². The van der Waals surface area contributed by atoms with Crippen LogP contribution in [-0.2, 0) is 4.79 Å². The van der Waals surface area contributed by atoms with Crippen LogP contribution >= 0.6 is 23.2 Å². The Morgan fingerprint density at radius 1 is 1.24 bits per heavy atom. The third-order valence-corrected chi connectivity index (χ3v) is 4.29. The van der Waals surface area contributed by atoms with Crippen molar-refractivity contribution in [2.75, 3.05) is 5.32 Å². The molecule has 0 aromatic carbocycles. The topological polar surface area (TPSA) is 54.9 Å². The number of aromatic nitrogens is 2. The molecule has 1 aromatic rings. The number of nitrogens with one attached hydrogen (secondary N) is 1. The number of carbonyl (C=O) groups is 1. The van der Waals surface area contributed by atoms with Crippen LogP contribution < -0.4 is 5.32 Å². The molecule has 2 fully saturated rings. The van der Waals surface area contributed by atoms with E-state index in [0.717, 1.165) is 12.8 Å². The SMILES string of the molecule is O=C(Nc1c(Cl)ncnc1Cl)C1C2CCCC21. The highest BCUT2D eigenvalue weighted by molar-refractivity contribution is 6.38. The molecule has 0 radical (unpaired) electrons. The molecular formula is C11H11Cl2N3O. The maximum atomic E-state index is 12.0. The number of hydrogen-bond acceptors (Lipinski definition) is 3. The van der Waals surface area contributed by atoms with Crippen LogP contribution in [0, 0.1) is 17.8 Å². The van der Waals surface area contributed by atoms with Gasteiger partial charge in [0.1, 0.15) is 12.0 Å². The highest BCUT2D eigenvalue weighted by Crippen LogP contribution is 2.57. The first-order valence-electron chi connectivity index (χ1n) is 5.65. The summed E-state index contributed by atoms with van der Waals surface area (Å²) in [6.07, 6.45) is 4.84. The van der Waals surface area contributed by atoms with Crippen LogP contribution in [0.3, 0.4) is 0 Å². The van der Waals surface area contributed by atoms with E-state index in [-0.39, 0.29) is 22.1 Å². The molecule has 2 atom stereocenters. The molecule has 2 saturated carbocycles. The average Bonchev–Trinajstić information content (AvgIpc) is 2.78. The lowest BCUT2D eigenvalue weighted by molar-refractivity contribution is -0.118. The first kappa shape index (κ1) is 11.2. The maximum absolute atomic E-state index is 12.0. The summed E-state index contributed by atoms with van der Waals surface area (Å²) in [6.45, 7) is 0. The molecule has 17 heavy (non-hydrogen) atoms. The molecule has 1 heterocycles. The lowest BCUT2D eigenvalue weighted by Crippen LogP contribution is -2.17. The second-order valence-corrected chi connectivity index (χ2v) is 5.32. The van der Waals surface area contributed by atoms with Crippen molar-refractivity contribution in [1.29, 1.82) is 0 Å². The Labute approximate surface area is 109 Å². The molecule has 3 rings (SSSR count). The fourth-order valence-corrected chi connectivity index (χ4v) is 3.27. The zero-order chi connectivity index (χ0) is 12.0. The van der Waals surface area contributed by atoms with Crippen molar-refractivity contribution in [1.82, 2.24) is 9.97 Å². The van der Waals surface area contributed by atoms with E-state index < -0.39 is 0 Å². The average molecular weight is 272 g/mol. The number of anilines is 1. The first-order valence-corrected chi connectivity index (χ1v) is 6.41. The van der Waals surface area contributed by atoms with Crippen molar-refractivity contribution in [2.45, 2.75) is 19.3 Å².